The van der Waals surface area contributed by atoms with Crippen molar-refractivity contribution >= 4 is 11.9 Å². The summed E-state index contributed by atoms with van der Waals surface area (Å²) in [5.74, 6) is 1.47. The summed E-state index contributed by atoms with van der Waals surface area (Å²) >= 11 is 0. The lowest BCUT2D eigenvalue weighted by Gasteiger charge is -2.27. The number of carbonyl (C=O) groups excluding carboxylic acids is 1. The summed E-state index contributed by atoms with van der Waals surface area (Å²) < 4.78 is 5.48. The van der Waals surface area contributed by atoms with Crippen molar-refractivity contribution in [2.75, 3.05) is 45.9 Å². The molecular formula is C25H39N5O2. The van der Waals surface area contributed by atoms with E-state index in [1.54, 1.807) is 0 Å². The van der Waals surface area contributed by atoms with Crippen molar-refractivity contribution in [3.8, 4) is 0 Å². The standard InChI is InChI=1S/C25H39N5O2/c1-2-26-25(28-23-11-12-30(19-23)24(31)20-7-3-4-8-20)27-17-21-9-5-6-10-22(21)18-29-13-15-32-16-14-29/h5-6,9-10,20,23H,2-4,7-8,11-19H2,1H3,(H2,26,27,28). The summed E-state index contributed by atoms with van der Waals surface area (Å²) in [6.07, 6.45) is 5.53. The number of ether oxygens (including phenoxy) is 1. The average molecular weight is 442 g/mol. The number of nitrogens with one attached hydrogen (secondary N) is 2. The third kappa shape index (κ3) is 6.23. The first-order valence-electron chi connectivity index (χ1n) is 12.4. The number of rotatable bonds is 7. The Labute approximate surface area is 192 Å². The number of aliphatic imine (C=N–C) groups is 1. The molecule has 1 aliphatic carbocycles. The molecule has 3 fully saturated rings. The number of benzene rings is 1. The molecular weight excluding hydrogens is 402 g/mol. The van der Waals surface area contributed by atoms with Crippen LogP contribution in [0, 0.1) is 5.92 Å². The summed E-state index contributed by atoms with van der Waals surface area (Å²) in [4.78, 5) is 22.2. The second-order valence-corrected chi connectivity index (χ2v) is 9.25. The van der Waals surface area contributed by atoms with Crippen LogP contribution in [0.1, 0.15) is 50.2 Å². The Morgan fingerprint density at radius 2 is 1.84 bits per heavy atom. The summed E-state index contributed by atoms with van der Waals surface area (Å²) in [5.41, 5.74) is 2.60. The highest BCUT2D eigenvalue weighted by atomic mass is 16.5. The lowest BCUT2D eigenvalue weighted by atomic mass is 10.1. The first-order chi connectivity index (χ1) is 15.7. The highest BCUT2D eigenvalue weighted by molar-refractivity contribution is 5.81. The van der Waals surface area contributed by atoms with E-state index in [0.29, 0.717) is 12.5 Å². The van der Waals surface area contributed by atoms with E-state index in [4.69, 9.17) is 9.73 Å². The Hall–Kier alpha value is -2.12. The predicted octanol–water partition coefficient (Wildman–Crippen LogP) is 2.37. The lowest BCUT2D eigenvalue weighted by Crippen LogP contribution is -2.45. The van der Waals surface area contributed by atoms with Gasteiger partial charge in [0.05, 0.1) is 19.8 Å². The van der Waals surface area contributed by atoms with Crippen molar-refractivity contribution in [1.82, 2.24) is 20.4 Å². The van der Waals surface area contributed by atoms with Gasteiger partial charge in [-0.05, 0) is 37.3 Å². The third-order valence-corrected chi connectivity index (χ3v) is 6.91. The molecule has 1 aromatic carbocycles. The van der Waals surface area contributed by atoms with Crippen LogP contribution in [-0.2, 0) is 22.6 Å². The highest BCUT2D eigenvalue weighted by Gasteiger charge is 2.32. The largest absolute Gasteiger partial charge is 0.379 e. The van der Waals surface area contributed by atoms with Crippen LogP contribution in [0.5, 0.6) is 0 Å². The molecule has 7 nitrogen and oxygen atoms in total. The van der Waals surface area contributed by atoms with Crippen molar-refractivity contribution in [3.63, 3.8) is 0 Å². The van der Waals surface area contributed by atoms with Crippen molar-refractivity contribution < 1.29 is 9.53 Å². The molecule has 0 radical (unpaired) electrons. The molecule has 1 atom stereocenters. The van der Waals surface area contributed by atoms with E-state index in [2.05, 4.69) is 51.6 Å². The minimum Gasteiger partial charge on any atom is -0.379 e. The zero-order chi connectivity index (χ0) is 22.2. The van der Waals surface area contributed by atoms with Gasteiger partial charge in [0.15, 0.2) is 5.96 Å². The fourth-order valence-corrected chi connectivity index (χ4v) is 5.05. The number of hydrogen-bond donors (Lipinski definition) is 2. The van der Waals surface area contributed by atoms with Crippen molar-refractivity contribution in [1.29, 1.82) is 0 Å². The maximum absolute atomic E-state index is 12.8. The van der Waals surface area contributed by atoms with Gasteiger partial charge in [0.1, 0.15) is 0 Å². The number of nitrogens with zero attached hydrogens (tertiary/aromatic N) is 3. The average Bonchev–Trinajstić information content (AvgIpc) is 3.51. The third-order valence-electron chi connectivity index (χ3n) is 6.91. The molecule has 1 saturated carbocycles. The van der Waals surface area contributed by atoms with Gasteiger partial charge in [0.25, 0.3) is 0 Å². The number of hydrogen-bond acceptors (Lipinski definition) is 4. The maximum Gasteiger partial charge on any atom is 0.225 e. The summed E-state index contributed by atoms with van der Waals surface area (Å²) in [7, 11) is 0. The summed E-state index contributed by atoms with van der Waals surface area (Å²) in [6.45, 7) is 9.74. The van der Waals surface area contributed by atoms with E-state index >= 15 is 0 Å². The summed E-state index contributed by atoms with van der Waals surface area (Å²) in [6, 6.07) is 8.87. The van der Waals surface area contributed by atoms with Gasteiger partial charge in [0, 0.05) is 51.2 Å². The minimum absolute atomic E-state index is 0.263. The quantitative estimate of drug-likeness (QED) is 0.502. The predicted molar refractivity (Wildman–Crippen MR) is 127 cm³/mol. The molecule has 0 aromatic heterocycles. The maximum atomic E-state index is 12.8. The first-order valence-corrected chi connectivity index (χ1v) is 12.4. The molecule has 0 bridgehead atoms. The van der Waals surface area contributed by atoms with Crippen LogP contribution >= 0.6 is 0 Å². The molecule has 2 N–H and O–H groups in total. The van der Waals surface area contributed by atoms with E-state index in [1.165, 1.54) is 24.0 Å². The molecule has 1 unspecified atom stereocenters. The van der Waals surface area contributed by atoms with Crippen molar-refractivity contribution in [3.05, 3.63) is 35.4 Å². The number of guanidine groups is 1. The topological polar surface area (TPSA) is 69.2 Å². The van der Waals surface area contributed by atoms with Crippen molar-refractivity contribution in [2.24, 2.45) is 10.9 Å². The van der Waals surface area contributed by atoms with Gasteiger partial charge in [-0.15, -0.1) is 0 Å². The molecule has 1 amide bonds. The van der Waals surface area contributed by atoms with Gasteiger partial charge >= 0.3 is 0 Å². The van der Waals surface area contributed by atoms with Crippen molar-refractivity contribution in [2.45, 2.75) is 58.2 Å². The van der Waals surface area contributed by atoms with Gasteiger partial charge in [-0.2, -0.15) is 0 Å². The van der Waals surface area contributed by atoms with Crippen LogP contribution in [0.2, 0.25) is 0 Å². The van der Waals surface area contributed by atoms with E-state index in [0.717, 1.165) is 77.7 Å². The van der Waals surface area contributed by atoms with Gasteiger partial charge in [-0.3, -0.25) is 9.69 Å². The second-order valence-electron chi connectivity index (χ2n) is 9.25. The SMILES string of the molecule is CCNC(=NCc1ccccc1CN1CCOCC1)NC1CCN(C(=O)C2CCCC2)C1. The van der Waals surface area contributed by atoms with Gasteiger partial charge in [0.2, 0.25) is 5.91 Å². The fourth-order valence-electron chi connectivity index (χ4n) is 5.05. The zero-order valence-electron chi connectivity index (χ0n) is 19.5. The summed E-state index contributed by atoms with van der Waals surface area (Å²) in [5, 5.41) is 6.97. The van der Waals surface area contributed by atoms with Gasteiger partial charge < -0.3 is 20.3 Å². The second kappa shape index (κ2) is 11.7. The Kier molecular flexibility index (Phi) is 8.40. The fraction of sp³-hybridized carbons (Fsp3) is 0.680. The molecule has 4 rings (SSSR count). The minimum atomic E-state index is 0.263. The van der Waals surface area contributed by atoms with E-state index in [1.807, 2.05) is 0 Å². The molecule has 2 aliphatic heterocycles. The first kappa shape index (κ1) is 23.1. The van der Waals surface area contributed by atoms with Crippen LogP contribution in [0.3, 0.4) is 0 Å². The van der Waals surface area contributed by atoms with Crippen LogP contribution in [0.4, 0.5) is 0 Å². The highest BCUT2D eigenvalue weighted by Crippen LogP contribution is 2.27. The number of likely N-dealkylation sites (tertiary alicyclic amines) is 1. The molecule has 2 saturated heterocycles. The number of amides is 1. The van der Waals surface area contributed by atoms with Crippen LogP contribution in [-0.4, -0.2) is 73.6 Å². The van der Waals surface area contributed by atoms with E-state index < -0.39 is 0 Å². The Bertz CT molecular complexity index is 771. The van der Waals surface area contributed by atoms with Crippen LogP contribution in [0.15, 0.2) is 29.3 Å². The molecule has 1 aromatic rings. The number of carbonyl (C=O) groups is 1. The molecule has 2 heterocycles. The van der Waals surface area contributed by atoms with E-state index in [-0.39, 0.29) is 12.0 Å². The number of morpholine rings is 1. The Morgan fingerprint density at radius 3 is 2.59 bits per heavy atom. The molecule has 32 heavy (non-hydrogen) atoms. The normalized spacial score (nSPS) is 23.0. The Balaban J connectivity index is 1.34. The van der Waals surface area contributed by atoms with Gasteiger partial charge in [-0.25, -0.2) is 4.99 Å². The van der Waals surface area contributed by atoms with Crippen LogP contribution < -0.4 is 10.6 Å². The molecule has 7 heteroatoms. The molecule has 0 spiro atoms. The Morgan fingerprint density at radius 1 is 1.09 bits per heavy atom. The monoisotopic (exact) mass is 441 g/mol. The van der Waals surface area contributed by atoms with Crippen LogP contribution in [0.25, 0.3) is 0 Å². The van der Waals surface area contributed by atoms with Gasteiger partial charge in [-0.1, -0.05) is 37.1 Å². The van der Waals surface area contributed by atoms with E-state index in [9.17, 15) is 4.79 Å². The molecule has 176 valence electrons. The lowest BCUT2D eigenvalue weighted by molar-refractivity contribution is -0.134. The smallest absolute Gasteiger partial charge is 0.225 e. The zero-order valence-corrected chi connectivity index (χ0v) is 19.5. The molecule has 3 aliphatic rings.